The largest absolute Gasteiger partial charge is 0.355 e. The number of hydrogen-bond donors (Lipinski definition) is 2. The van der Waals surface area contributed by atoms with E-state index in [2.05, 4.69) is 192 Å². The van der Waals surface area contributed by atoms with Crippen molar-refractivity contribution >= 4 is 75.4 Å². The number of nitrogens with one attached hydrogen (secondary N) is 2. The van der Waals surface area contributed by atoms with Gasteiger partial charge in [-0.3, -0.25) is 0 Å². The molecular weight excluding hydrogens is 911 g/mol. The van der Waals surface area contributed by atoms with Gasteiger partial charge in [0.15, 0.2) is 0 Å². The Balaban J connectivity index is 1.01. The molecule has 0 atom stereocenters. The average Bonchev–Trinajstić information content (AvgIpc) is 4.13. The number of aromatic amines is 2. The number of benzene rings is 11. The Morgan fingerprint density at radius 2 is 0.740 bits per heavy atom. The van der Waals surface area contributed by atoms with Crippen LogP contribution < -0.4 is 0 Å². The zero-order valence-electron chi connectivity index (χ0n) is 39.8. The van der Waals surface area contributed by atoms with E-state index in [-0.39, 0.29) is 4.90 Å². The van der Waals surface area contributed by atoms with Crippen LogP contribution in [0.4, 0.5) is 0 Å². The molecule has 0 aliphatic rings. The molecule has 0 aliphatic heterocycles. The average molecular weight is 956 g/mol. The molecule has 3 heterocycles. The predicted molar refractivity (Wildman–Crippen MR) is 305 cm³/mol. The van der Waals surface area contributed by atoms with Gasteiger partial charge in [-0.25, -0.2) is 12.4 Å². The monoisotopic (exact) mass is 955 g/mol. The van der Waals surface area contributed by atoms with Crippen molar-refractivity contribution in [3.63, 3.8) is 0 Å². The molecule has 0 amide bonds. The highest BCUT2D eigenvalue weighted by Crippen LogP contribution is 2.45. The number of aromatic nitrogens is 3. The number of H-pyrrole nitrogens is 2. The second-order valence-corrected chi connectivity index (χ2v) is 21.0. The van der Waals surface area contributed by atoms with E-state index >= 15 is 8.42 Å². The van der Waals surface area contributed by atoms with E-state index in [0.717, 1.165) is 105 Å². The van der Waals surface area contributed by atoms with Crippen molar-refractivity contribution in [3.8, 4) is 66.8 Å². The van der Waals surface area contributed by atoms with Gasteiger partial charge in [-0.05, 0) is 147 Å². The van der Waals surface area contributed by atoms with Gasteiger partial charge in [0.05, 0.1) is 21.4 Å². The Morgan fingerprint density at radius 3 is 1.30 bits per heavy atom. The molecule has 0 fully saturated rings. The summed E-state index contributed by atoms with van der Waals surface area (Å²) in [5.74, 6) is 0. The lowest BCUT2D eigenvalue weighted by molar-refractivity contribution is 0.590. The fourth-order valence-electron chi connectivity index (χ4n) is 11.1. The van der Waals surface area contributed by atoms with E-state index in [1.165, 1.54) is 21.9 Å². The highest BCUT2D eigenvalue weighted by molar-refractivity contribution is 7.90. The summed E-state index contributed by atoms with van der Waals surface area (Å²) >= 11 is 0. The second-order valence-electron chi connectivity index (χ2n) is 19.2. The first kappa shape index (κ1) is 42.6. The third-order valence-corrected chi connectivity index (χ3v) is 16.5. The SMILES string of the molecule is Cc1ccc(S(=O)(=O)n2c3ccc(-c4ccccc4)cc3c3cc(-c4ccccc4)cc(-c4ccc5[nH]c6ccc(-c7cc(-c8ccccc8)cc8c7[nH]c7ccc(-c9ccccc9)cc78)cc6c5c4)c32)cc1. The fourth-order valence-corrected chi connectivity index (χ4v) is 12.6. The minimum atomic E-state index is -4.11. The molecular formula is C67H45N3O2S. The third kappa shape index (κ3) is 7.09. The molecule has 0 aliphatic carbocycles. The van der Waals surface area contributed by atoms with E-state index in [0.29, 0.717) is 11.0 Å². The lowest BCUT2D eigenvalue weighted by atomic mass is 9.93. The van der Waals surface area contributed by atoms with Gasteiger partial charge in [0, 0.05) is 60.0 Å². The number of hydrogen-bond acceptors (Lipinski definition) is 2. The van der Waals surface area contributed by atoms with Gasteiger partial charge >= 0.3 is 0 Å². The van der Waals surface area contributed by atoms with Crippen molar-refractivity contribution in [1.29, 1.82) is 0 Å². The normalized spacial score (nSPS) is 12.0. The molecule has 6 heteroatoms. The van der Waals surface area contributed by atoms with Crippen LogP contribution in [0.25, 0.3) is 132 Å². The standard InChI is InChI=1S/C67H45N3O2S/c1-42-22-28-53(29-23-42)73(71,72)70-65-33-27-48(44-16-8-3-9-17-44)35-59(65)61-41-52(46-20-12-5-13-21-46)39-55(67(61)70)50-26-32-63-57(37-50)56-36-49(25-31-62(56)68-63)54-38-51(45-18-10-4-11-19-45)40-60-58-34-47(43-14-6-2-7-15-43)24-30-64(58)69-66(54)60/h2-41,68-69H,1H3. The van der Waals surface area contributed by atoms with Crippen LogP contribution in [0.3, 0.4) is 0 Å². The van der Waals surface area contributed by atoms with E-state index in [1.807, 2.05) is 55.5 Å². The lowest BCUT2D eigenvalue weighted by Crippen LogP contribution is -2.13. The minimum absolute atomic E-state index is 0.235. The highest BCUT2D eigenvalue weighted by atomic mass is 32.2. The van der Waals surface area contributed by atoms with Crippen LogP contribution in [0, 0.1) is 6.92 Å². The van der Waals surface area contributed by atoms with E-state index < -0.39 is 10.0 Å². The first-order valence-electron chi connectivity index (χ1n) is 24.6. The second kappa shape index (κ2) is 16.7. The Hall–Kier alpha value is -9.23. The van der Waals surface area contributed by atoms with Gasteiger partial charge in [-0.15, -0.1) is 0 Å². The molecule has 14 aromatic rings. The molecule has 0 bridgehead atoms. The summed E-state index contributed by atoms with van der Waals surface area (Å²) in [5, 5.41) is 6.18. The first-order chi connectivity index (χ1) is 35.8. The summed E-state index contributed by atoms with van der Waals surface area (Å²) in [6.45, 7) is 1.97. The van der Waals surface area contributed by atoms with Crippen molar-refractivity contribution in [3.05, 3.63) is 248 Å². The van der Waals surface area contributed by atoms with Crippen molar-refractivity contribution in [2.45, 2.75) is 11.8 Å². The molecule has 73 heavy (non-hydrogen) atoms. The van der Waals surface area contributed by atoms with E-state index in [4.69, 9.17) is 0 Å². The Labute approximate surface area is 422 Å². The summed E-state index contributed by atoms with van der Waals surface area (Å²) in [4.78, 5) is 7.80. The van der Waals surface area contributed by atoms with Gasteiger partial charge in [-0.2, -0.15) is 0 Å². The van der Waals surface area contributed by atoms with Gasteiger partial charge in [0.2, 0.25) is 0 Å². The third-order valence-electron chi connectivity index (χ3n) is 14.7. The quantitative estimate of drug-likeness (QED) is 0.159. The lowest BCUT2D eigenvalue weighted by Gasteiger charge is -2.14. The predicted octanol–water partition coefficient (Wildman–Crippen LogP) is 17.6. The summed E-state index contributed by atoms with van der Waals surface area (Å²) in [7, 11) is -4.11. The molecule has 3 aromatic heterocycles. The van der Waals surface area contributed by atoms with Gasteiger partial charge in [0.25, 0.3) is 10.0 Å². The maximum Gasteiger partial charge on any atom is 0.268 e. The molecule has 0 saturated heterocycles. The molecule has 11 aromatic carbocycles. The topological polar surface area (TPSA) is 70.7 Å². The van der Waals surface area contributed by atoms with E-state index in [9.17, 15) is 0 Å². The fraction of sp³-hybridized carbons (Fsp3) is 0.0149. The summed E-state index contributed by atoms with van der Waals surface area (Å²) in [6, 6.07) is 84.0. The molecule has 14 rings (SSSR count). The molecule has 0 spiro atoms. The van der Waals surface area contributed by atoms with Gasteiger partial charge < -0.3 is 9.97 Å². The van der Waals surface area contributed by atoms with Crippen LogP contribution in [-0.4, -0.2) is 22.4 Å². The number of nitrogens with zero attached hydrogens (tertiary/aromatic N) is 1. The molecule has 0 radical (unpaired) electrons. The zero-order valence-corrected chi connectivity index (χ0v) is 40.6. The number of fused-ring (bicyclic) bond motifs is 9. The van der Waals surface area contributed by atoms with Crippen molar-refractivity contribution in [2.24, 2.45) is 0 Å². The number of aryl methyl sites for hydroxylation is 1. The molecule has 0 saturated carbocycles. The summed E-state index contributed by atoms with van der Waals surface area (Å²) < 4.78 is 32.3. The minimum Gasteiger partial charge on any atom is -0.355 e. The highest BCUT2D eigenvalue weighted by Gasteiger charge is 2.27. The van der Waals surface area contributed by atoms with Crippen molar-refractivity contribution < 1.29 is 8.42 Å². The van der Waals surface area contributed by atoms with Crippen molar-refractivity contribution in [1.82, 2.24) is 13.9 Å². The van der Waals surface area contributed by atoms with Crippen molar-refractivity contribution in [2.75, 3.05) is 0 Å². The Bertz CT molecular complexity index is 4590. The Kier molecular flexibility index (Phi) is 9.75. The van der Waals surface area contributed by atoms with Crippen LogP contribution in [0.15, 0.2) is 248 Å². The Morgan fingerprint density at radius 1 is 0.329 bits per heavy atom. The van der Waals surface area contributed by atoms with E-state index in [1.54, 1.807) is 16.1 Å². The van der Waals surface area contributed by atoms with Crippen LogP contribution in [0.2, 0.25) is 0 Å². The molecule has 5 nitrogen and oxygen atoms in total. The zero-order chi connectivity index (χ0) is 48.8. The van der Waals surface area contributed by atoms with Crippen LogP contribution in [0.1, 0.15) is 5.56 Å². The number of rotatable bonds is 8. The van der Waals surface area contributed by atoms with Crippen LogP contribution in [-0.2, 0) is 10.0 Å². The summed E-state index contributed by atoms with van der Waals surface area (Å²) in [6.07, 6.45) is 0. The molecule has 0 unspecified atom stereocenters. The van der Waals surface area contributed by atoms with Crippen LogP contribution >= 0.6 is 0 Å². The maximum absolute atomic E-state index is 15.3. The smallest absolute Gasteiger partial charge is 0.268 e. The van der Waals surface area contributed by atoms with Crippen LogP contribution in [0.5, 0.6) is 0 Å². The maximum atomic E-state index is 15.3. The summed E-state index contributed by atoms with van der Waals surface area (Å²) in [5.41, 5.74) is 19.1. The van der Waals surface area contributed by atoms with Gasteiger partial charge in [-0.1, -0.05) is 163 Å². The molecule has 2 N–H and O–H groups in total. The molecule has 346 valence electrons. The van der Waals surface area contributed by atoms with Gasteiger partial charge in [0.1, 0.15) is 0 Å². The first-order valence-corrected chi connectivity index (χ1v) is 26.1.